The Morgan fingerprint density at radius 1 is 1.32 bits per heavy atom. The van der Waals surface area contributed by atoms with Gasteiger partial charge in [-0.15, -0.1) is 0 Å². The van der Waals surface area contributed by atoms with Gasteiger partial charge in [-0.25, -0.2) is 0 Å². The summed E-state index contributed by atoms with van der Waals surface area (Å²) >= 11 is 0. The van der Waals surface area contributed by atoms with Gasteiger partial charge in [-0.05, 0) is 43.4 Å². The van der Waals surface area contributed by atoms with Gasteiger partial charge < -0.3 is 9.47 Å². The van der Waals surface area contributed by atoms with E-state index in [9.17, 15) is 4.79 Å². The highest BCUT2D eigenvalue weighted by Gasteiger charge is 2.17. The van der Waals surface area contributed by atoms with E-state index in [1.54, 1.807) is 7.11 Å². The Balaban J connectivity index is 1.88. The molecule has 0 spiro atoms. The van der Waals surface area contributed by atoms with Crippen LogP contribution in [0.3, 0.4) is 0 Å². The van der Waals surface area contributed by atoms with E-state index in [4.69, 9.17) is 9.47 Å². The van der Waals surface area contributed by atoms with E-state index in [2.05, 4.69) is 0 Å². The summed E-state index contributed by atoms with van der Waals surface area (Å²) in [4.78, 5) is 12.1. The van der Waals surface area contributed by atoms with Crippen LogP contribution < -0.4 is 4.74 Å². The van der Waals surface area contributed by atoms with Crippen molar-refractivity contribution in [1.29, 1.82) is 0 Å². The van der Waals surface area contributed by atoms with Crippen molar-refractivity contribution in [2.75, 3.05) is 20.3 Å². The van der Waals surface area contributed by atoms with E-state index in [1.165, 1.54) is 25.7 Å². The molecule has 1 saturated carbocycles. The molecule has 3 nitrogen and oxygen atoms in total. The standard InChI is InChI=1S/C16H22O3/c1-12-7-8-14(16(9-12)18-2)15(17)11-19-10-13-5-3-4-6-13/h7-9,13H,3-6,10-11H2,1-2H3. The molecule has 1 fully saturated rings. The molecule has 104 valence electrons. The van der Waals surface area contributed by atoms with Gasteiger partial charge in [-0.3, -0.25) is 4.79 Å². The number of hydrogen-bond acceptors (Lipinski definition) is 3. The van der Waals surface area contributed by atoms with Gasteiger partial charge in [0.05, 0.1) is 19.3 Å². The molecule has 0 saturated heterocycles. The Kier molecular flexibility index (Phi) is 4.97. The summed E-state index contributed by atoms with van der Waals surface area (Å²) in [6.07, 6.45) is 5.08. The van der Waals surface area contributed by atoms with Gasteiger partial charge in [-0.1, -0.05) is 18.9 Å². The molecule has 0 aliphatic heterocycles. The van der Waals surface area contributed by atoms with Gasteiger partial charge >= 0.3 is 0 Å². The SMILES string of the molecule is COc1cc(C)ccc1C(=O)COCC1CCCC1. The fraction of sp³-hybridized carbons (Fsp3) is 0.562. The van der Waals surface area contributed by atoms with Crippen LogP contribution in [0.25, 0.3) is 0 Å². The van der Waals surface area contributed by atoms with Crippen molar-refractivity contribution in [1.82, 2.24) is 0 Å². The number of rotatable bonds is 6. The normalized spacial score (nSPS) is 15.7. The molecular formula is C16H22O3. The molecule has 2 rings (SSSR count). The van der Waals surface area contributed by atoms with Crippen molar-refractivity contribution < 1.29 is 14.3 Å². The molecule has 1 aliphatic rings. The lowest BCUT2D eigenvalue weighted by atomic mass is 10.1. The van der Waals surface area contributed by atoms with Gasteiger partial charge in [0.25, 0.3) is 0 Å². The molecule has 0 bridgehead atoms. The molecule has 1 aromatic carbocycles. The van der Waals surface area contributed by atoms with E-state index in [0.29, 0.717) is 23.8 Å². The zero-order valence-electron chi connectivity index (χ0n) is 11.8. The molecule has 0 unspecified atom stereocenters. The first kappa shape index (κ1) is 14.1. The van der Waals surface area contributed by atoms with Crippen LogP contribution in [0.2, 0.25) is 0 Å². The molecule has 0 radical (unpaired) electrons. The van der Waals surface area contributed by atoms with E-state index in [0.717, 1.165) is 5.56 Å². The minimum absolute atomic E-state index is 0.00477. The van der Waals surface area contributed by atoms with Gasteiger partial charge in [0, 0.05) is 0 Å². The summed E-state index contributed by atoms with van der Waals surface area (Å²) in [7, 11) is 1.59. The van der Waals surface area contributed by atoms with E-state index < -0.39 is 0 Å². The minimum atomic E-state index is -0.00477. The highest BCUT2D eigenvalue weighted by Crippen LogP contribution is 2.25. The predicted octanol–water partition coefficient (Wildman–Crippen LogP) is 3.39. The topological polar surface area (TPSA) is 35.5 Å². The Bertz CT molecular complexity index is 434. The lowest BCUT2D eigenvalue weighted by Crippen LogP contribution is -2.14. The maximum Gasteiger partial charge on any atom is 0.192 e. The molecule has 0 N–H and O–H groups in total. The monoisotopic (exact) mass is 262 g/mol. The smallest absolute Gasteiger partial charge is 0.192 e. The van der Waals surface area contributed by atoms with Crippen molar-refractivity contribution in [3.63, 3.8) is 0 Å². The number of benzene rings is 1. The number of ether oxygens (including phenoxy) is 2. The second-order valence-electron chi connectivity index (χ2n) is 5.29. The fourth-order valence-corrected chi connectivity index (χ4v) is 2.60. The molecule has 0 amide bonds. The third kappa shape index (κ3) is 3.80. The van der Waals surface area contributed by atoms with E-state index in [-0.39, 0.29) is 12.4 Å². The van der Waals surface area contributed by atoms with Crippen LogP contribution in [0.15, 0.2) is 18.2 Å². The van der Waals surface area contributed by atoms with E-state index >= 15 is 0 Å². The highest BCUT2D eigenvalue weighted by atomic mass is 16.5. The van der Waals surface area contributed by atoms with Crippen LogP contribution in [0.1, 0.15) is 41.6 Å². The van der Waals surface area contributed by atoms with Crippen LogP contribution in [-0.2, 0) is 4.74 Å². The van der Waals surface area contributed by atoms with Crippen LogP contribution in [0, 0.1) is 12.8 Å². The lowest BCUT2D eigenvalue weighted by Gasteiger charge is -2.11. The third-order valence-electron chi connectivity index (χ3n) is 3.72. The van der Waals surface area contributed by atoms with Crippen LogP contribution in [-0.4, -0.2) is 26.1 Å². The average Bonchev–Trinajstić information content (AvgIpc) is 2.91. The molecule has 0 atom stereocenters. The average molecular weight is 262 g/mol. The predicted molar refractivity (Wildman–Crippen MR) is 74.8 cm³/mol. The van der Waals surface area contributed by atoms with Crippen LogP contribution >= 0.6 is 0 Å². The summed E-state index contributed by atoms with van der Waals surface area (Å²) in [5.74, 6) is 1.28. The zero-order chi connectivity index (χ0) is 13.7. The number of ketones is 1. The van der Waals surface area contributed by atoms with Gasteiger partial charge in [-0.2, -0.15) is 0 Å². The van der Waals surface area contributed by atoms with Gasteiger partial charge in [0.15, 0.2) is 5.78 Å². The van der Waals surface area contributed by atoms with Crippen molar-refractivity contribution in [2.45, 2.75) is 32.6 Å². The van der Waals surface area contributed by atoms with Gasteiger partial charge in [0.2, 0.25) is 0 Å². The number of carbonyl (C=O) groups is 1. The maximum atomic E-state index is 12.1. The second kappa shape index (κ2) is 6.71. The van der Waals surface area contributed by atoms with Crippen molar-refractivity contribution in [3.05, 3.63) is 29.3 Å². The summed E-state index contributed by atoms with van der Waals surface area (Å²) in [5, 5.41) is 0. The first-order valence-corrected chi connectivity index (χ1v) is 6.96. The number of carbonyl (C=O) groups excluding carboxylic acids is 1. The Labute approximate surface area is 114 Å². The van der Waals surface area contributed by atoms with E-state index in [1.807, 2.05) is 25.1 Å². The van der Waals surface area contributed by atoms with Crippen LogP contribution in [0.5, 0.6) is 5.75 Å². The first-order valence-electron chi connectivity index (χ1n) is 6.96. The quantitative estimate of drug-likeness (QED) is 0.737. The van der Waals surface area contributed by atoms with Crippen molar-refractivity contribution in [3.8, 4) is 5.75 Å². The number of hydrogen-bond donors (Lipinski definition) is 0. The summed E-state index contributed by atoms with van der Waals surface area (Å²) in [6.45, 7) is 2.84. The van der Waals surface area contributed by atoms with Crippen molar-refractivity contribution >= 4 is 5.78 Å². The molecule has 0 heterocycles. The minimum Gasteiger partial charge on any atom is -0.496 e. The third-order valence-corrected chi connectivity index (χ3v) is 3.72. The highest BCUT2D eigenvalue weighted by molar-refractivity contribution is 5.99. The Morgan fingerprint density at radius 2 is 2.05 bits per heavy atom. The lowest BCUT2D eigenvalue weighted by molar-refractivity contribution is 0.0678. The number of Topliss-reactive ketones (excluding diaryl/α,β-unsaturated/α-hetero) is 1. The molecule has 1 aromatic rings. The molecule has 3 heteroatoms. The van der Waals surface area contributed by atoms with Crippen molar-refractivity contribution in [2.24, 2.45) is 5.92 Å². The summed E-state index contributed by atoms with van der Waals surface area (Å²) < 4.78 is 10.8. The molecule has 0 aromatic heterocycles. The number of methoxy groups -OCH3 is 1. The molecule has 1 aliphatic carbocycles. The molecular weight excluding hydrogens is 240 g/mol. The number of aryl methyl sites for hydroxylation is 1. The first-order chi connectivity index (χ1) is 9.20. The Hall–Kier alpha value is -1.35. The fourth-order valence-electron chi connectivity index (χ4n) is 2.60. The summed E-state index contributed by atoms with van der Waals surface area (Å²) in [6, 6.07) is 5.62. The van der Waals surface area contributed by atoms with Crippen LogP contribution in [0.4, 0.5) is 0 Å². The molecule has 19 heavy (non-hydrogen) atoms. The zero-order valence-corrected chi connectivity index (χ0v) is 11.8. The maximum absolute atomic E-state index is 12.1. The Morgan fingerprint density at radius 3 is 2.74 bits per heavy atom. The second-order valence-corrected chi connectivity index (χ2v) is 5.29. The summed E-state index contributed by atoms with van der Waals surface area (Å²) in [5.41, 5.74) is 1.69. The van der Waals surface area contributed by atoms with Gasteiger partial charge in [0.1, 0.15) is 12.4 Å². The largest absolute Gasteiger partial charge is 0.496 e.